The molecule has 0 bridgehead atoms. The fraction of sp³-hybridized carbons (Fsp3) is 0.100. The number of nitriles is 1. The Kier molecular flexibility index (Phi) is 4.56. The normalized spacial score (nSPS) is 10.6. The Morgan fingerprint density at radius 2 is 1.93 bits per heavy atom. The molecule has 0 saturated heterocycles. The van der Waals surface area contributed by atoms with Gasteiger partial charge >= 0.3 is 0 Å². The number of rotatable bonds is 4. The lowest BCUT2D eigenvalue weighted by atomic mass is 10.1. The smallest absolute Gasteiger partial charge is 0.180 e. The molecule has 0 aliphatic carbocycles. The Labute approximate surface area is 160 Å². The van der Waals surface area contributed by atoms with Gasteiger partial charge < -0.3 is 5.32 Å². The minimum absolute atomic E-state index is 0.314. The molecule has 0 spiro atoms. The molecule has 28 heavy (non-hydrogen) atoms. The Morgan fingerprint density at radius 1 is 1.04 bits per heavy atom. The van der Waals surface area contributed by atoms with E-state index in [1.807, 2.05) is 19.1 Å². The van der Waals surface area contributed by atoms with Crippen LogP contribution in [0.2, 0.25) is 0 Å². The van der Waals surface area contributed by atoms with Crippen LogP contribution in [0, 0.1) is 18.3 Å². The lowest BCUT2D eigenvalue weighted by molar-refractivity contribution is 0.484. The molecule has 0 radical (unpaired) electrons. The van der Waals surface area contributed by atoms with Crippen LogP contribution in [0.25, 0.3) is 22.6 Å². The zero-order chi connectivity index (χ0) is 19.5. The number of nitrogens with zero attached hydrogens (tertiary/aromatic N) is 6. The summed E-state index contributed by atoms with van der Waals surface area (Å²) in [5.41, 5.74) is 4.53. The van der Waals surface area contributed by atoms with E-state index in [0.29, 0.717) is 45.3 Å². The van der Waals surface area contributed by atoms with Gasteiger partial charge in [0.1, 0.15) is 35.5 Å². The topological polar surface area (TPSA) is 100 Å². The summed E-state index contributed by atoms with van der Waals surface area (Å²) in [5, 5.41) is 12.2. The number of aromatic nitrogens is 5. The van der Waals surface area contributed by atoms with Crippen LogP contribution in [0.15, 0.2) is 48.9 Å². The number of hydrogen-bond acceptors (Lipinski definition) is 7. The second-order valence-electron chi connectivity index (χ2n) is 6.07. The first-order valence-corrected chi connectivity index (χ1v) is 8.45. The standard InChI is InChI=1S/C20H14FN7/c1-12-2-4-14(9-22)26-18(12)16-11-25-19-15(6-7-23-20(19)28-16)27-17-5-3-13(8-21)10-24-17/h2-7,10-11H,8H2,1H3,(H,23,24,27,28). The number of nitrogens with one attached hydrogen (secondary N) is 1. The van der Waals surface area contributed by atoms with E-state index in [4.69, 9.17) is 5.26 Å². The number of hydrogen-bond donors (Lipinski definition) is 1. The van der Waals surface area contributed by atoms with E-state index in [1.165, 1.54) is 6.20 Å². The summed E-state index contributed by atoms with van der Waals surface area (Å²) in [5.74, 6) is 0.565. The second kappa shape index (κ2) is 7.32. The van der Waals surface area contributed by atoms with Crippen molar-refractivity contribution >= 4 is 22.7 Å². The van der Waals surface area contributed by atoms with E-state index in [2.05, 4.69) is 30.2 Å². The van der Waals surface area contributed by atoms with Crippen molar-refractivity contribution in [1.29, 1.82) is 5.26 Å². The average Bonchev–Trinajstić information content (AvgIpc) is 2.74. The molecule has 7 nitrogen and oxygen atoms in total. The Bertz CT molecular complexity index is 1200. The Balaban J connectivity index is 1.73. The first-order chi connectivity index (χ1) is 13.7. The predicted octanol–water partition coefficient (Wildman–Crippen LogP) is 3.88. The van der Waals surface area contributed by atoms with Gasteiger partial charge in [0.2, 0.25) is 0 Å². The molecule has 0 saturated carbocycles. The molecule has 4 aromatic rings. The van der Waals surface area contributed by atoms with Crippen molar-refractivity contribution in [1.82, 2.24) is 24.9 Å². The average molecular weight is 371 g/mol. The SMILES string of the molecule is Cc1ccc(C#N)nc1-c1cnc2c(Nc3ccc(CF)cn3)ccnc2n1. The quantitative estimate of drug-likeness (QED) is 0.581. The molecule has 0 unspecified atom stereocenters. The van der Waals surface area contributed by atoms with Gasteiger partial charge in [-0.3, -0.25) is 0 Å². The van der Waals surface area contributed by atoms with Crippen molar-refractivity contribution in [2.75, 3.05) is 5.32 Å². The third-order valence-corrected chi connectivity index (χ3v) is 4.14. The summed E-state index contributed by atoms with van der Waals surface area (Å²) in [6, 6.07) is 10.6. The number of fused-ring (bicyclic) bond motifs is 1. The third-order valence-electron chi connectivity index (χ3n) is 4.14. The van der Waals surface area contributed by atoms with Crippen molar-refractivity contribution in [2.45, 2.75) is 13.6 Å². The fourth-order valence-electron chi connectivity index (χ4n) is 2.70. The summed E-state index contributed by atoms with van der Waals surface area (Å²) in [6.07, 6.45) is 4.70. The Hall–Kier alpha value is -3.99. The molecule has 8 heteroatoms. The van der Waals surface area contributed by atoms with Crippen LogP contribution in [0.1, 0.15) is 16.8 Å². The minimum atomic E-state index is -0.555. The van der Waals surface area contributed by atoms with Crippen molar-refractivity contribution in [3.63, 3.8) is 0 Å². The Morgan fingerprint density at radius 3 is 2.68 bits per heavy atom. The highest BCUT2D eigenvalue weighted by molar-refractivity contribution is 5.87. The van der Waals surface area contributed by atoms with Crippen molar-refractivity contribution in [3.05, 3.63) is 65.7 Å². The van der Waals surface area contributed by atoms with E-state index in [0.717, 1.165) is 5.56 Å². The third kappa shape index (κ3) is 3.33. The summed E-state index contributed by atoms with van der Waals surface area (Å²) in [4.78, 5) is 21.8. The monoisotopic (exact) mass is 371 g/mol. The van der Waals surface area contributed by atoms with E-state index in [1.54, 1.807) is 36.7 Å². The maximum atomic E-state index is 12.6. The molecule has 0 amide bonds. The van der Waals surface area contributed by atoms with Crippen molar-refractivity contribution in [3.8, 4) is 17.5 Å². The number of anilines is 2. The lowest BCUT2D eigenvalue weighted by Gasteiger charge is -2.09. The molecular weight excluding hydrogens is 357 g/mol. The van der Waals surface area contributed by atoms with Crippen LogP contribution in [0.5, 0.6) is 0 Å². The van der Waals surface area contributed by atoms with Gasteiger partial charge in [0, 0.05) is 18.0 Å². The highest BCUT2D eigenvalue weighted by Crippen LogP contribution is 2.25. The molecule has 4 rings (SSSR count). The van der Waals surface area contributed by atoms with Gasteiger partial charge in [-0.25, -0.2) is 29.3 Å². The summed E-state index contributed by atoms with van der Waals surface area (Å²) in [7, 11) is 0. The van der Waals surface area contributed by atoms with E-state index < -0.39 is 6.67 Å². The van der Waals surface area contributed by atoms with Crippen LogP contribution in [-0.4, -0.2) is 24.9 Å². The lowest BCUT2D eigenvalue weighted by Crippen LogP contribution is -2.00. The van der Waals surface area contributed by atoms with E-state index in [-0.39, 0.29) is 0 Å². The maximum absolute atomic E-state index is 12.6. The van der Waals surface area contributed by atoms with Gasteiger partial charge in [-0.05, 0) is 30.7 Å². The minimum Gasteiger partial charge on any atom is -0.338 e. The molecule has 0 fully saturated rings. The molecule has 4 aromatic heterocycles. The van der Waals surface area contributed by atoms with Gasteiger partial charge in [0.05, 0.1) is 17.6 Å². The fourth-order valence-corrected chi connectivity index (χ4v) is 2.70. The highest BCUT2D eigenvalue weighted by atomic mass is 19.1. The predicted molar refractivity (Wildman–Crippen MR) is 102 cm³/mol. The summed E-state index contributed by atoms with van der Waals surface area (Å²) < 4.78 is 12.6. The zero-order valence-electron chi connectivity index (χ0n) is 14.9. The summed E-state index contributed by atoms with van der Waals surface area (Å²) >= 11 is 0. The number of alkyl halides is 1. The zero-order valence-corrected chi connectivity index (χ0v) is 14.9. The van der Waals surface area contributed by atoms with Crippen molar-refractivity contribution in [2.24, 2.45) is 0 Å². The first-order valence-electron chi connectivity index (χ1n) is 8.45. The molecule has 0 aromatic carbocycles. The first kappa shape index (κ1) is 17.4. The number of halogens is 1. The van der Waals surface area contributed by atoms with Gasteiger partial charge in [0.25, 0.3) is 0 Å². The number of aryl methyl sites for hydroxylation is 1. The van der Waals surface area contributed by atoms with Crippen LogP contribution >= 0.6 is 0 Å². The maximum Gasteiger partial charge on any atom is 0.180 e. The van der Waals surface area contributed by atoms with Gasteiger partial charge in [-0.2, -0.15) is 5.26 Å². The molecule has 0 aliphatic rings. The number of pyridine rings is 3. The van der Waals surface area contributed by atoms with Gasteiger partial charge in [-0.1, -0.05) is 12.1 Å². The van der Waals surface area contributed by atoms with Crippen molar-refractivity contribution < 1.29 is 4.39 Å². The molecular formula is C20H14FN7. The van der Waals surface area contributed by atoms with Crippen LogP contribution < -0.4 is 5.32 Å². The highest BCUT2D eigenvalue weighted by Gasteiger charge is 2.12. The molecule has 0 aliphatic heterocycles. The van der Waals surface area contributed by atoms with E-state index >= 15 is 0 Å². The van der Waals surface area contributed by atoms with Gasteiger partial charge in [0.15, 0.2) is 5.65 Å². The largest absolute Gasteiger partial charge is 0.338 e. The molecule has 0 atom stereocenters. The van der Waals surface area contributed by atoms with Crippen LogP contribution in [-0.2, 0) is 6.67 Å². The van der Waals surface area contributed by atoms with Crippen LogP contribution in [0.4, 0.5) is 15.9 Å². The van der Waals surface area contributed by atoms with Gasteiger partial charge in [-0.15, -0.1) is 0 Å². The molecule has 136 valence electrons. The molecule has 1 N–H and O–H groups in total. The molecule has 4 heterocycles. The van der Waals surface area contributed by atoms with Crippen LogP contribution in [0.3, 0.4) is 0 Å². The van der Waals surface area contributed by atoms with E-state index in [9.17, 15) is 4.39 Å². The second-order valence-corrected chi connectivity index (χ2v) is 6.07. The summed E-state index contributed by atoms with van der Waals surface area (Å²) in [6.45, 7) is 1.34.